The second kappa shape index (κ2) is 13.0. The summed E-state index contributed by atoms with van der Waals surface area (Å²) in [6, 6.07) is 13.1. The van der Waals surface area contributed by atoms with Crippen molar-refractivity contribution in [3.8, 4) is 0 Å². The zero-order chi connectivity index (χ0) is 27.7. The smallest absolute Gasteiger partial charge is 0.478 e. The van der Waals surface area contributed by atoms with Gasteiger partial charge in [-0.15, -0.1) is 0 Å². The van der Waals surface area contributed by atoms with Crippen LogP contribution in [-0.2, 0) is 19.1 Å². The fourth-order valence-corrected chi connectivity index (χ4v) is 4.53. The molecule has 2 aliphatic heterocycles. The number of nitrogens with zero attached hydrogens (tertiary/aromatic N) is 1. The molecule has 0 atom stereocenters. The molecule has 2 heterocycles. The number of cyclic esters (lactones) is 1. The van der Waals surface area contributed by atoms with E-state index in [1.54, 1.807) is 24.3 Å². The van der Waals surface area contributed by atoms with Gasteiger partial charge in [0.25, 0.3) is 0 Å². The van der Waals surface area contributed by atoms with Crippen LogP contribution in [0.2, 0.25) is 0 Å². The van der Waals surface area contributed by atoms with Crippen molar-refractivity contribution in [1.29, 1.82) is 0 Å². The molecule has 38 heavy (non-hydrogen) atoms. The maximum absolute atomic E-state index is 13.4. The highest BCUT2D eigenvalue weighted by Crippen LogP contribution is 2.39. The second-order valence-electron chi connectivity index (χ2n) is 9.02. The van der Waals surface area contributed by atoms with Crippen molar-refractivity contribution in [2.24, 2.45) is 0 Å². The lowest BCUT2D eigenvalue weighted by Gasteiger charge is -2.36. The van der Waals surface area contributed by atoms with Crippen LogP contribution in [0.15, 0.2) is 73.0 Å². The van der Waals surface area contributed by atoms with Gasteiger partial charge >= 0.3 is 18.1 Å². The van der Waals surface area contributed by atoms with Crippen LogP contribution in [0.25, 0.3) is 0 Å². The summed E-state index contributed by atoms with van der Waals surface area (Å²) in [5.41, 5.74) is 1.37. The molecule has 10 heteroatoms. The number of benzene rings is 2. The van der Waals surface area contributed by atoms with Crippen LogP contribution >= 0.6 is 0 Å². The largest absolute Gasteiger partial charge is 0.514 e. The van der Waals surface area contributed by atoms with Gasteiger partial charge in [-0.3, -0.25) is 0 Å². The Balaban J connectivity index is 0.000000436. The SMILES string of the molecule is C=C1OC(=O)OC12CCN(CCCC(c1ccc(F)cc1)c1ccc(F)cc1)CC2.O=C(O)/C=C/C(=O)O. The molecule has 0 saturated carbocycles. The van der Waals surface area contributed by atoms with Gasteiger partial charge in [0.1, 0.15) is 17.4 Å². The number of aliphatic carboxylic acids is 2. The van der Waals surface area contributed by atoms with Crippen molar-refractivity contribution in [3.63, 3.8) is 0 Å². The monoisotopic (exact) mass is 529 g/mol. The second-order valence-corrected chi connectivity index (χ2v) is 9.02. The summed E-state index contributed by atoms with van der Waals surface area (Å²) in [5, 5.41) is 15.6. The van der Waals surface area contributed by atoms with Crippen molar-refractivity contribution in [2.45, 2.75) is 37.2 Å². The minimum atomic E-state index is -1.26. The summed E-state index contributed by atoms with van der Waals surface area (Å²) >= 11 is 0. The third-order valence-corrected chi connectivity index (χ3v) is 6.54. The van der Waals surface area contributed by atoms with E-state index in [0.29, 0.717) is 30.8 Å². The number of carboxylic acids is 2. The number of halogens is 2. The van der Waals surface area contributed by atoms with Crippen molar-refractivity contribution < 1.29 is 42.9 Å². The molecule has 4 rings (SSSR count). The minimum absolute atomic E-state index is 0.0753. The van der Waals surface area contributed by atoms with Gasteiger partial charge in [0, 0.05) is 44.0 Å². The van der Waals surface area contributed by atoms with E-state index in [4.69, 9.17) is 19.7 Å². The van der Waals surface area contributed by atoms with Crippen LogP contribution in [0.5, 0.6) is 0 Å². The maximum atomic E-state index is 13.4. The molecule has 8 nitrogen and oxygen atoms in total. The van der Waals surface area contributed by atoms with E-state index in [1.165, 1.54) is 24.3 Å². The van der Waals surface area contributed by atoms with Gasteiger partial charge in [-0.25, -0.2) is 23.2 Å². The van der Waals surface area contributed by atoms with Crippen molar-refractivity contribution >= 4 is 18.1 Å². The average molecular weight is 530 g/mol. The molecule has 0 amide bonds. The zero-order valence-electron chi connectivity index (χ0n) is 20.6. The van der Waals surface area contributed by atoms with Gasteiger partial charge in [0.2, 0.25) is 0 Å². The van der Waals surface area contributed by atoms with Gasteiger partial charge in [0.05, 0.1) is 0 Å². The summed E-state index contributed by atoms with van der Waals surface area (Å²) in [4.78, 5) is 32.9. The Labute approximate surface area is 218 Å². The molecular weight excluding hydrogens is 500 g/mol. The summed E-state index contributed by atoms with van der Waals surface area (Å²) in [5.74, 6) is -2.56. The number of carbonyl (C=O) groups is 3. The van der Waals surface area contributed by atoms with Crippen LogP contribution in [0.1, 0.15) is 42.7 Å². The number of hydrogen-bond donors (Lipinski definition) is 2. The van der Waals surface area contributed by atoms with Crippen molar-refractivity contribution in [1.82, 2.24) is 4.90 Å². The van der Waals surface area contributed by atoms with E-state index >= 15 is 0 Å². The van der Waals surface area contributed by atoms with Gasteiger partial charge in [-0.1, -0.05) is 30.8 Å². The highest BCUT2D eigenvalue weighted by Gasteiger charge is 2.48. The number of carbonyl (C=O) groups excluding carboxylic acids is 1. The van der Waals surface area contributed by atoms with Gasteiger partial charge in [0.15, 0.2) is 5.60 Å². The van der Waals surface area contributed by atoms with E-state index in [0.717, 1.165) is 43.6 Å². The molecule has 0 bridgehead atoms. The predicted molar refractivity (Wildman–Crippen MR) is 133 cm³/mol. The maximum Gasteiger partial charge on any atom is 0.514 e. The molecule has 2 saturated heterocycles. The average Bonchev–Trinajstić information content (AvgIpc) is 3.15. The lowest BCUT2D eigenvalue weighted by molar-refractivity contribution is -0.134. The standard InChI is InChI=1S/C24H25F2NO3.C4H4O4/c1-17-24(30-23(28)29-17)12-15-27(16-13-24)14-2-3-22(18-4-8-20(25)9-5-18)19-6-10-21(26)11-7-19;5-3(6)1-2-4(7)8/h4-11,22H,1-3,12-16H2;1-2H,(H,5,6)(H,7,8)/b;2-1+. The lowest BCUT2D eigenvalue weighted by Crippen LogP contribution is -2.45. The minimum Gasteiger partial charge on any atom is -0.478 e. The van der Waals surface area contributed by atoms with Crippen LogP contribution in [0, 0.1) is 11.6 Å². The fourth-order valence-electron chi connectivity index (χ4n) is 4.53. The summed E-state index contributed by atoms with van der Waals surface area (Å²) in [6.07, 6.45) is 3.61. The Kier molecular flexibility index (Phi) is 9.72. The number of likely N-dealkylation sites (tertiary alicyclic amines) is 1. The summed E-state index contributed by atoms with van der Waals surface area (Å²) in [7, 11) is 0. The molecule has 1 spiro atoms. The molecule has 0 aliphatic carbocycles. The quantitative estimate of drug-likeness (QED) is 0.359. The van der Waals surface area contributed by atoms with Gasteiger partial charge in [-0.2, -0.15) is 0 Å². The Morgan fingerprint density at radius 1 is 0.947 bits per heavy atom. The first-order valence-electron chi connectivity index (χ1n) is 12.1. The number of piperidine rings is 1. The lowest BCUT2D eigenvalue weighted by atomic mass is 9.87. The number of rotatable bonds is 8. The zero-order valence-corrected chi connectivity index (χ0v) is 20.6. The topological polar surface area (TPSA) is 113 Å². The van der Waals surface area contributed by atoms with Crippen LogP contribution < -0.4 is 0 Å². The first-order chi connectivity index (χ1) is 18.1. The summed E-state index contributed by atoms with van der Waals surface area (Å²) < 4.78 is 37.1. The van der Waals surface area contributed by atoms with E-state index in [9.17, 15) is 23.2 Å². The number of ether oxygens (including phenoxy) is 2. The highest BCUT2D eigenvalue weighted by atomic mass is 19.1. The molecule has 202 valence electrons. The Hall–Kier alpha value is -4.05. The van der Waals surface area contributed by atoms with E-state index in [1.807, 2.05) is 0 Å². The molecule has 2 fully saturated rings. The molecule has 0 aromatic heterocycles. The first-order valence-corrected chi connectivity index (χ1v) is 12.1. The van der Waals surface area contributed by atoms with Gasteiger partial charge < -0.3 is 24.6 Å². The Morgan fingerprint density at radius 3 is 1.82 bits per heavy atom. The molecule has 2 aromatic carbocycles. The molecule has 2 N–H and O–H groups in total. The Morgan fingerprint density at radius 2 is 1.42 bits per heavy atom. The van der Waals surface area contributed by atoms with E-state index < -0.39 is 23.7 Å². The molecule has 0 radical (unpaired) electrons. The predicted octanol–water partition coefficient (Wildman–Crippen LogP) is 5.10. The van der Waals surface area contributed by atoms with Crippen LogP contribution in [0.4, 0.5) is 13.6 Å². The number of hydrogen-bond acceptors (Lipinski definition) is 6. The van der Waals surface area contributed by atoms with E-state index in [-0.39, 0.29) is 17.6 Å². The van der Waals surface area contributed by atoms with E-state index in [2.05, 4.69) is 11.5 Å². The van der Waals surface area contributed by atoms with Crippen LogP contribution in [-0.4, -0.2) is 58.4 Å². The normalized spacial score (nSPS) is 16.7. The van der Waals surface area contributed by atoms with Crippen molar-refractivity contribution in [3.05, 3.63) is 95.8 Å². The third-order valence-electron chi connectivity index (χ3n) is 6.54. The third kappa shape index (κ3) is 7.97. The summed E-state index contributed by atoms with van der Waals surface area (Å²) in [6.45, 7) is 6.33. The first kappa shape index (κ1) is 28.5. The molecule has 2 aromatic rings. The molecular formula is C28H29F2NO7. The van der Waals surface area contributed by atoms with Crippen LogP contribution in [0.3, 0.4) is 0 Å². The Bertz CT molecular complexity index is 1110. The van der Waals surface area contributed by atoms with Gasteiger partial charge in [-0.05, 0) is 54.8 Å². The molecule has 2 aliphatic rings. The highest BCUT2D eigenvalue weighted by molar-refractivity contribution is 5.89. The van der Waals surface area contributed by atoms with Crippen molar-refractivity contribution in [2.75, 3.05) is 19.6 Å². The fraction of sp³-hybridized carbons (Fsp3) is 0.321. The molecule has 0 unspecified atom stereocenters. The number of carboxylic acid groups (broad SMARTS) is 2.